The SMILES string of the molecule is Cc1cc(C)c2op(Oc3cccc4c3Oc3c(OP5Oc6ccccc6C(=O)N5C(C)(C)C)cccc3C4(C)C)oc3c(C)cc(C)cc3c2c1. The van der Waals surface area contributed by atoms with Gasteiger partial charge in [-0.2, -0.15) is 0 Å². The van der Waals surface area contributed by atoms with Gasteiger partial charge in [0.15, 0.2) is 23.0 Å². The van der Waals surface area contributed by atoms with Gasteiger partial charge in [-0.25, -0.2) is 4.67 Å². The topological polar surface area (TPSA) is 83.5 Å². The number of benzene rings is 5. The van der Waals surface area contributed by atoms with Crippen molar-refractivity contribution in [3.05, 3.63) is 124 Å². The Kier molecular flexibility index (Phi) is 8.13. The molecule has 0 aliphatic carbocycles. The Morgan fingerprint density at radius 2 is 1.23 bits per heavy atom. The van der Waals surface area contributed by atoms with Crippen molar-refractivity contribution in [3.8, 4) is 28.7 Å². The molecule has 3 heterocycles. The first-order chi connectivity index (χ1) is 24.7. The third-order valence-electron chi connectivity index (χ3n) is 9.60. The molecule has 0 bridgehead atoms. The quantitative estimate of drug-likeness (QED) is 0.167. The number of aryl methyl sites for hydroxylation is 4. The van der Waals surface area contributed by atoms with Gasteiger partial charge in [0.05, 0.1) is 5.56 Å². The summed E-state index contributed by atoms with van der Waals surface area (Å²) in [6.07, 6.45) is 0. The number of para-hydroxylation sites is 3. The van der Waals surface area contributed by atoms with Crippen molar-refractivity contribution < 1.29 is 31.5 Å². The van der Waals surface area contributed by atoms with E-state index in [1.54, 1.807) is 16.8 Å². The molecule has 10 heteroatoms. The van der Waals surface area contributed by atoms with Crippen molar-refractivity contribution in [2.75, 3.05) is 0 Å². The maximum atomic E-state index is 13.8. The van der Waals surface area contributed by atoms with Gasteiger partial charge in [0.2, 0.25) is 0 Å². The average Bonchev–Trinajstić information content (AvgIpc) is 3.22. The van der Waals surface area contributed by atoms with E-state index in [9.17, 15) is 4.79 Å². The van der Waals surface area contributed by atoms with Crippen LogP contribution >= 0.6 is 16.8 Å². The zero-order valence-electron chi connectivity index (χ0n) is 30.8. The number of rotatable bonds is 4. The molecule has 0 fully saturated rings. The summed E-state index contributed by atoms with van der Waals surface area (Å²) in [5.41, 5.74) is 7.06. The van der Waals surface area contributed by atoms with Gasteiger partial charge < -0.3 is 26.7 Å². The van der Waals surface area contributed by atoms with Crippen LogP contribution in [0.2, 0.25) is 0 Å². The van der Waals surface area contributed by atoms with Crippen molar-refractivity contribution in [3.63, 3.8) is 0 Å². The van der Waals surface area contributed by atoms with Crippen LogP contribution in [0, 0.1) is 27.7 Å². The standard InChI is InChI=1S/C42H41NO7P2/c1-24-20-26(3)36-29(22-24)30-23-25(2)21-27(4)37(30)50-52(49-36)48-35-19-13-16-32-39(35)45-38-31(42(32,8)9)15-12-18-34(38)47-51-43(41(5,6)7)40(44)28-14-10-11-17-33(28)46-51/h10-23H,1-9H3. The zero-order chi connectivity index (χ0) is 36.7. The van der Waals surface area contributed by atoms with Crippen LogP contribution in [0.4, 0.5) is 0 Å². The van der Waals surface area contributed by atoms with E-state index >= 15 is 0 Å². The van der Waals surface area contributed by atoms with E-state index in [0.29, 0.717) is 34.3 Å². The van der Waals surface area contributed by atoms with Crippen LogP contribution in [0.25, 0.3) is 21.9 Å². The van der Waals surface area contributed by atoms with Crippen LogP contribution in [0.1, 0.15) is 78.4 Å². The molecule has 266 valence electrons. The summed E-state index contributed by atoms with van der Waals surface area (Å²) >= 11 is 0. The second-order valence-electron chi connectivity index (χ2n) is 15.1. The first-order valence-electron chi connectivity index (χ1n) is 17.3. The predicted molar refractivity (Wildman–Crippen MR) is 207 cm³/mol. The lowest BCUT2D eigenvalue weighted by Gasteiger charge is -2.42. The summed E-state index contributed by atoms with van der Waals surface area (Å²) < 4.78 is 41.6. The predicted octanol–water partition coefficient (Wildman–Crippen LogP) is 12.7. The molecule has 1 atom stereocenters. The van der Waals surface area contributed by atoms with Gasteiger partial charge in [-0.3, -0.25) is 4.79 Å². The molecule has 1 aromatic heterocycles. The molecule has 1 unspecified atom stereocenters. The van der Waals surface area contributed by atoms with Crippen LogP contribution in [0.5, 0.6) is 28.7 Å². The molecule has 1 amide bonds. The highest BCUT2D eigenvalue weighted by atomic mass is 31.2. The maximum absolute atomic E-state index is 13.8. The van der Waals surface area contributed by atoms with Crippen LogP contribution < -0.4 is 18.3 Å². The van der Waals surface area contributed by atoms with Crippen molar-refractivity contribution in [2.24, 2.45) is 0 Å². The van der Waals surface area contributed by atoms with Crippen molar-refractivity contribution in [2.45, 2.75) is 73.3 Å². The summed E-state index contributed by atoms with van der Waals surface area (Å²) in [5, 5.41) is 1.96. The van der Waals surface area contributed by atoms with Crippen molar-refractivity contribution in [1.82, 2.24) is 4.67 Å². The fraction of sp³-hybridized carbons (Fsp3) is 0.262. The number of carbonyl (C=O) groups excluding carboxylic acids is 1. The Balaban J connectivity index is 1.23. The number of hydrogen-bond donors (Lipinski definition) is 0. The third kappa shape index (κ3) is 5.70. The summed E-state index contributed by atoms with van der Waals surface area (Å²) in [5.74, 6) is 2.38. The molecule has 0 saturated heterocycles. The van der Waals surface area contributed by atoms with E-state index in [2.05, 4.69) is 58.0 Å². The number of carbonyl (C=O) groups is 1. The first-order valence-corrected chi connectivity index (χ1v) is 19.5. The highest BCUT2D eigenvalue weighted by Gasteiger charge is 2.45. The normalized spacial score (nSPS) is 16.1. The van der Waals surface area contributed by atoms with Gasteiger partial charge in [-0.1, -0.05) is 62.4 Å². The fourth-order valence-electron chi connectivity index (χ4n) is 7.18. The fourth-order valence-corrected chi connectivity index (χ4v) is 9.97. The highest BCUT2D eigenvalue weighted by Crippen LogP contribution is 2.59. The van der Waals surface area contributed by atoms with E-state index in [1.807, 2.05) is 77.1 Å². The van der Waals surface area contributed by atoms with Crippen LogP contribution in [-0.2, 0) is 5.41 Å². The molecule has 8 nitrogen and oxygen atoms in total. The lowest BCUT2D eigenvalue weighted by atomic mass is 9.75. The number of nitrogens with zero attached hydrogens (tertiary/aromatic N) is 1. The van der Waals surface area contributed by atoms with Crippen LogP contribution in [0.15, 0.2) is 93.3 Å². The second kappa shape index (κ2) is 12.4. The van der Waals surface area contributed by atoms with Gasteiger partial charge in [0.25, 0.3) is 5.91 Å². The van der Waals surface area contributed by atoms with Gasteiger partial charge in [0.1, 0.15) is 16.9 Å². The summed E-state index contributed by atoms with van der Waals surface area (Å²) in [6, 6.07) is 27.5. The van der Waals surface area contributed by atoms with Crippen LogP contribution in [0.3, 0.4) is 0 Å². The van der Waals surface area contributed by atoms with Crippen molar-refractivity contribution >= 4 is 44.6 Å². The highest BCUT2D eigenvalue weighted by molar-refractivity contribution is 7.46. The number of amides is 1. The lowest BCUT2D eigenvalue weighted by Crippen LogP contribution is -2.45. The number of ether oxygens (including phenoxy) is 1. The monoisotopic (exact) mass is 733 g/mol. The Labute approximate surface area is 305 Å². The molecule has 6 aromatic rings. The maximum Gasteiger partial charge on any atom is 0.453 e. The van der Waals surface area contributed by atoms with Crippen LogP contribution in [-0.4, -0.2) is 16.1 Å². The molecule has 0 N–H and O–H groups in total. The van der Waals surface area contributed by atoms with E-state index < -0.39 is 27.7 Å². The molecule has 0 saturated carbocycles. The Bertz CT molecular complexity index is 2410. The molecule has 0 spiro atoms. The van der Waals surface area contributed by atoms with Gasteiger partial charge in [0, 0.05) is 32.9 Å². The molecule has 52 heavy (non-hydrogen) atoms. The summed E-state index contributed by atoms with van der Waals surface area (Å²) in [6.45, 7) is 18.5. The lowest BCUT2D eigenvalue weighted by molar-refractivity contribution is 0.0730. The van der Waals surface area contributed by atoms with E-state index in [4.69, 9.17) is 26.7 Å². The minimum Gasteiger partial charge on any atom is -0.449 e. The third-order valence-corrected chi connectivity index (χ3v) is 12.4. The zero-order valence-corrected chi connectivity index (χ0v) is 32.6. The smallest absolute Gasteiger partial charge is 0.449 e. The van der Waals surface area contributed by atoms with E-state index in [1.165, 1.54) is 0 Å². The largest absolute Gasteiger partial charge is 0.453 e. The Hall–Kier alpha value is -4.90. The molecule has 8 rings (SSSR count). The van der Waals surface area contributed by atoms with E-state index in [-0.39, 0.29) is 5.91 Å². The average molecular weight is 734 g/mol. The van der Waals surface area contributed by atoms with Crippen molar-refractivity contribution in [1.29, 1.82) is 0 Å². The molecule has 0 radical (unpaired) electrons. The molecular formula is C42H41NO7P2. The van der Waals surface area contributed by atoms with Gasteiger partial charge >= 0.3 is 16.8 Å². The first kappa shape index (κ1) is 34.2. The molecule has 5 aromatic carbocycles. The molecule has 2 aliphatic heterocycles. The second-order valence-corrected chi connectivity index (χ2v) is 17.3. The van der Waals surface area contributed by atoms with E-state index in [0.717, 1.165) is 55.3 Å². The van der Waals surface area contributed by atoms with Gasteiger partial charge in [-0.05, 0) is 107 Å². The number of fused-ring (bicyclic) bond motifs is 6. The number of hydrogen-bond acceptors (Lipinski definition) is 7. The molecule has 2 aliphatic rings. The summed E-state index contributed by atoms with van der Waals surface area (Å²) in [7, 11) is -3.84. The summed E-state index contributed by atoms with van der Waals surface area (Å²) in [4.78, 5) is 13.8. The minimum absolute atomic E-state index is 0.141. The van der Waals surface area contributed by atoms with Gasteiger partial charge in [-0.15, -0.1) is 0 Å². The Morgan fingerprint density at radius 1 is 0.692 bits per heavy atom. The molecular weight excluding hydrogens is 692 g/mol. The minimum atomic E-state index is -1.96. The Morgan fingerprint density at radius 3 is 1.79 bits per heavy atom.